The predicted molar refractivity (Wildman–Crippen MR) is 120 cm³/mol. The number of hydrogen-bond donors (Lipinski definition) is 0. The topological polar surface area (TPSA) is 82.4 Å². The smallest absolute Gasteiger partial charge is 0.351 e. The van der Waals surface area contributed by atoms with E-state index in [2.05, 4.69) is 36.9 Å². The molecule has 0 radical (unpaired) electrons. The quantitative estimate of drug-likeness (QED) is 0.373. The molecule has 0 saturated heterocycles. The molecule has 162 valence electrons. The molecule has 0 aliphatic heterocycles. The highest BCUT2D eigenvalue weighted by atomic mass is 16.4. The number of hydrogen-bond acceptors (Lipinski definition) is 5. The number of carboxylic acid groups (broad SMARTS) is 1. The van der Waals surface area contributed by atoms with Gasteiger partial charge in [-0.3, -0.25) is 0 Å². The van der Waals surface area contributed by atoms with Crippen LogP contribution in [0, 0.1) is 0 Å². The van der Waals surface area contributed by atoms with Crippen molar-refractivity contribution >= 4 is 33.7 Å². The second-order valence-corrected chi connectivity index (χ2v) is 7.26. The minimum Gasteiger partial charge on any atom is -0.550 e. The van der Waals surface area contributed by atoms with Gasteiger partial charge in [-0.05, 0) is 51.1 Å². The van der Waals surface area contributed by atoms with E-state index in [1.54, 1.807) is 0 Å². The van der Waals surface area contributed by atoms with Gasteiger partial charge in [-0.1, -0.05) is 12.1 Å². The number of carboxylic acids is 1. The Morgan fingerprint density at radius 3 is 2.39 bits per heavy atom. The lowest BCUT2D eigenvalue weighted by atomic mass is 10.1. The average molecular weight is 421 g/mol. The molecule has 2 aromatic carbocycles. The third kappa shape index (κ3) is 4.30. The highest BCUT2D eigenvalue weighted by molar-refractivity contribution is 5.84. The van der Waals surface area contributed by atoms with E-state index in [-0.39, 0.29) is 5.63 Å². The van der Waals surface area contributed by atoms with Gasteiger partial charge in [0.25, 0.3) is 5.82 Å². The molecule has 2 aromatic heterocycles. The molecule has 0 amide bonds. The fourth-order valence-corrected chi connectivity index (χ4v) is 3.89. The van der Waals surface area contributed by atoms with Crippen LogP contribution in [0.1, 0.15) is 20.8 Å². The van der Waals surface area contributed by atoms with Gasteiger partial charge in [0.1, 0.15) is 5.58 Å². The van der Waals surface area contributed by atoms with Gasteiger partial charge in [0.15, 0.2) is 16.6 Å². The number of benzene rings is 2. The Morgan fingerprint density at radius 2 is 1.77 bits per heavy atom. The summed E-state index contributed by atoms with van der Waals surface area (Å²) < 4.78 is 9.80. The number of rotatable bonds is 4. The van der Waals surface area contributed by atoms with Crippen molar-refractivity contribution in [3.8, 4) is 11.4 Å². The highest BCUT2D eigenvalue weighted by Gasteiger charge is 2.25. The van der Waals surface area contributed by atoms with Crippen LogP contribution in [0.5, 0.6) is 0 Å². The van der Waals surface area contributed by atoms with E-state index >= 15 is 0 Å². The number of carbonyl (C=O) groups is 1. The molecule has 31 heavy (non-hydrogen) atoms. The summed E-state index contributed by atoms with van der Waals surface area (Å²) in [5.41, 5.74) is 4.09. The van der Waals surface area contributed by atoms with Crippen molar-refractivity contribution in [2.24, 2.45) is 14.1 Å². The zero-order valence-electron chi connectivity index (χ0n) is 18.5. The van der Waals surface area contributed by atoms with E-state index in [0.29, 0.717) is 11.1 Å². The molecule has 2 heterocycles. The Balaban J connectivity index is 0.000000628. The summed E-state index contributed by atoms with van der Waals surface area (Å²) in [6, 6.07) is 16.1. The number of anilines is 1. The normalized spacial score (nSPS) is 10.7. The molecule has 0 bridgehead atoms. The maximum Gasteiger partial charge on any atom is 0.351 e. The van der Waals surface area contributed by atoms with Gasteiger partial charge in [0.05, 0.1) is 14.1 Å². The van der Waals surface area contributed by atoms with Crippen molar-refractivity contribution in [3.63, 3.8) is 0 Å². The van der Waals surface area contributed by atoms with Gasteiger partial charge in [-0.2, -0.15) is 0 Å². The second kappa shape index (κ2) is 9.04. The maximum atomic E-state index is 12.8. The predicted octanol–water partition coefficient (Wildman–Crippen LogP) is 2.38. The number of aryl methyl sites for hydroxylation is 2. The van der Waals surface area contributed by atoms with Crippen LogP contribution in [0.15, 0.2) is 57.7 Å². The Labute approximate surface area is 180 Å². The number of imidazole rings is 1. The van der Waals surface area contributed by atoms with Crippen molar-refractivity contribution in [3.05, 3.63) is 59.0 Å². The van der Waals surface area contributed by atoms with Crippen molar-refractivity contribution < 1.29 is 18.9 Å². The molecule has 0 atom stereocenters. The summed E-state index contributed by atoms with van der Waals surface area (Å²) in [4.78, 5) is 24.0. The van der Waals surface area contributed by atoms with Crippen LogP contribution in [0.3, 0.4) is 0 Å². The van der Waals surface area contributed by atoms with E-state index in [0.717, 1.165) is 47.9 Å². The van der Waals surface area contributed by atoms with Gasteiger partial charge in [-0.25, -0.2) is 13.9 Å². The molecule has 0 N–H and O–H groups in total. The fourth-order valence-electron chi connectivity index (χ4n) is 3.89. The minimum absolute atomic E-state index is 0.319. The number of nitrogens with zero attached hydrogens (tertiary/aromatic N) is 3. The van der Waals surface area contributed by atoms with Gasteiger partial charge in [-0.15, -0.1) is 0 Å². The molecule has 7 heteroatoms. The number of fused-ring (bicyclic) bond motifs is 2. The van der Waals surface area contributed by atoms with E-state index in [1.165, 1.54) is 0 Å². The SMILES string of the molecule is CC(=O)[O-].CCN(CC)c1ccc2cc(-c3n(C)c4ccccc4[n+]3C)c(=O)oc2c1. The van der Waals surface area contributed by atoms with Crippen LogP contribution in [-0.4, -0.2) is 23.6 Å². The molecule has 0 spiro atoms. The summed E-state index contributed by atoms with van der Waals surface area (Å²) in [6.07, 6.45) is 0. The van der Waals surface area contributed by atoms with Crippen LogP contribution in [0.4, 0.5) is 5.69 Å². The average Bonchev–Trinajstić information content (AvgIpc) is 2.99. The molecule has 0 saturated carbocycles. The van der Waals surface area contributed by atoms with Gasteiger partial charge < -0.3 is 19.2 Å². The molecule has 0 fully saturated rings. The standard InChI is InChI=1S/C22H24N3O2.C2H4O2/c1-5-25(6-2)16-12-11-15-13-17(22(26)27-20(15)14-16)21-23(3)18-9-7-8-10-19(18)24(21)4;1-2(3)4/h7-14H,5-6H2,1-4H3;1H3,(H,3,4)/q+1;/p-1. The molecule has 0 aliphatic rings. The van der Waals surface area contributed by atoms with Crippen LogP contribution in [0.2, 0.25) is 0 Å². The number of carbonyl (C=O) groups excluding carboxylic acids is 1. The van der Waals surface area contributed by atoms with Crippen LogP contribution >= 0.6 is 0 Å². The summed E-state index contributed by atoms with van der Waals surface area (Å²) in [5, 5.41) is 9.81. The summed E-state index contributed by atoms with van der Waals surface area (Å²) in [6.45, 7) is 7.03. The van der Waals surface area contributed by atoms with E-state index < -0.39 is 5.97 Å². The van der Waals surface area contributed by atoms with Crippen LogP contribution in [-0.2, 0) is 18.9 Å². The molecule has 0 aliphatic carbocycles. The first-order chi connectivity index (χ1) is 14.8. The molecular weight excluding hydrogens is 394 g/mol. The van der Waals surface area contributed by atoms with E-state index in [9.17, 15) is 4.79 Å². The number of aliphatic carboxylic acids is 1. The lowest BCUT2D eigenvalue weighted by Crippen LogP contribution is -2.31. The Bertz CT molecular complexity index is 1260. The third-order valence-electron chi connectivity index (χ3n) is 5.33. The van der Waals surface area contributed by atoms with Crippen molar-refractivity contribution in [2.45, 2.75) is 20.8 Å². The molecule has 7 nitrogen and oxygen atoms in total. The summed E-state index contributed by atoms with van der Waals surface area (Å²) in [5.74, 6) is -0.250. The van der Waals surface area contributed by atoms with E-state index in [1.807, 2.05) is 53.6 Å². The van der Waals surface area contributed by atoms with Crippen molar-refractivity contribution in [2.75, 3.05) is 18.0 Å². The lowest BCUT2D eigenvalue weighted by Gasteiger charge is -2.20. The minimum atomic E-state index is -1.08. The number of aromatic nitrogens is 2. The van der Waals surface area contributed by atoms with Gasteiger partial charge >= 0.3 is 5.63 Å². The van der Waals surface area contributed by atoms with Gasteiger partial charge in [0, 0.05) is 36.2 Å². The van der Waals surface area contributed by atoms with Crippen molar-refractivity contribution in [1.82, 2.24) is 4.57 Å². The van der Waals surface area contributed by atoms with E-state index in [4.69, 9.17) is 14.3 Å². The highest BCUT2D eigenvalue weighted by Crippen LogP contribution is 2.25. The lowest BCUT2D eigenvalue weighted by molar-refractivity contribution is -0.634. The largest absolute Gasteiger partial charge is 0.550 e. The summed E-state index contributed by atoms with van der Waals surface area (Å²) >= 11 is 0. The Kier molecular flexibility index (Phi) is 6.44. The first-order valence-corrected chi connectivity index (χ1v) is 10.2. The van der Waals surface area contributed by atoms with Crippen molar-refractivity contribution in [1.29, 1.82) is 0 Å². The molecular formula is C24H27N3O4. The molecule has 0 unspecified atom stereocenters. The van der Waals surface area contributed by atoms with Crippen LogP contribution < -0.4 is 20.2 Å². The zero-order valence-corrected chi connectivity index (χ0v) is 18.5. The first kappa shape index (κ1) is 22.1. The molecule has 4 rings (SSSR count). The number of para-hydroxylation sites is 2. The Morgan fingerprint density at radius 1 is 1.13 bits per heavy atom. The van der Waals surface area contributed by atoms with Gasteiger partial charge in [0.2, 0.25) is 0 Å². The van der Waals surface area contributed by atoms with Crippen LogP contribution in [0.25, 0.3) is 33.4 Å². The first-order valence-electron chi connectivity index (χ1n) is 10.2. The monoisotopic (exact) mass is 421 g/mol. The molecule has 4 aromatic rings. The fraction of sp³-hybridized carbons (Fsp3) is 0.292. The Hall–Kier alpha value is -3.61. The third-order valence-corrected chi connectivity index (χ3v) is 5.33. The zero-order chi connectivity index (χ0) is 22.7. The maximum absolute atomic E-state index is 12.8. The summed E-state index contributed by atoms with van der Waals surface area (Å²) in [7, 11) is 3.95. The second-order valence-electron chi connectivity index (χ2n) is 7.26.